The molecule has 0 unspecified atom stereocenters. The molecule has 2 aromatic rings. The number of aromatic amines is 1. The lowest BCUT2D eigenvalue weighted by molar-refractivity contribution is -0.125. The van der Waals surface area contributed by atoms with Gasteiger partial charge in [0.15, 0.2) is 0 Å². The van der Waals surface area contributed by atoms with Crippen LogP contribution >= 0.6 is 0 Å². The highest BCUT2D eigenvalue weighted by Crippen LogP contribution is 2.25. The zero-order valence-electron chi connectivity index (χ0n) is 12.9. The highest BCUT2D eigenvalue weighted by Gasteiger charge is 2.28. The van der Waals surface area contributed by atoms with Crippen LogP contribution in [0.5, 0.6) is 0 Å². The summed E-state index contributed by atoms with van der Waals surface area (Å²) in [5.74, 6) is -0.349. The molecule has 1 amide bonds. The van der Waals surface area contributed by atoms with Crippen molar-refractivity contribution < 1.29 is 17.9 Å². The molecule has 1 aromatic heterocycles. The van der Waals surface area contributed by atoms with Crippen LogP contribution in [0.2, 0.25) is 0 Å². The predicted molar refractivity (Wildman–Crippen MR) is 83.4 cm³/mol. The summed E-state index contributed by atoms with van der Waals surface area (Å²) in [4.78, 5) is 12.0. The molecular formula is C14H18N4O4S. The third kappa shape index (κ3) is 3.07. The van der Waals surface area contributed by atoms with Gasteiger partial charge in [-0.25, -0.2) is 8.42 Å². The number of fused-ring (bicyclic) bond motifs is 1. The van der Waals surface area contributed by atoms with Crippen LogP contribution in [-0.4, -0.2) is 61.7 Å². The number of hydrogen-bond acceptors (Lipinski definition) is 5. The zero-order chi connectivity index (χ0) is 16.6. The second-order valence-electron chi connectivity index (χ2n) is 5.66. The van der Waals surface area contributed by atoms with E-state index in [4.69, 9.17) is 4.74 Å². The first-order valence-corrected chi connectivity index (χ1v) is 8.59. The maximum Gasteiger partial charge on any atom is 0.245 e. The summed E-state index contributed by atoms with van der Waals surface area (Å²) in [5.41, 5.74) is 1.25. The van der Waals surface area contributed by atoms with Crippen LogP contribution in [0, 0.1) is 6.92 Å². The van der Waals surface area contributed by atoms with Crippen molar-refractivity contribution >= 4 is 26.8 Å². The Bertz CT molecular complexity index is 842. The Hall–Kier alpha value is -1.97. The van der Waals surface area contributed by atoms with Crippen molar-refractivity contribution in [3.05, 3.63) is 23.9 Å². The number of nitrogens with zero attached hydrogens (tertiary/aromatic N) is 2. The molecule has 1 aliphatic heterocycles. The number of nitrogens with one attached hydrogen (secondary N) is 2. The third-order valence-electron chi connectivity index (χ3n) is 3.71. The van der Waals surface area contributed by atoms with Crippen molar-refractivity contribution in [1.82, 2.24) is 19.8 Å². The Balaban J connectivity index is 1.84. The summed E-state index contributed by atoms with van der Waals surface area (Å²) in [6, 6.07) is 3.39. The number of hydrogen-bond donors (Lipinski definition) is 2. The predicted octanol–water partition coefficient (Wildman–Crippen LogP) is 0.00682. The molecule has 1 saturated heterocycles. The van der Waals surface area contributed by atoms with E-state index in [9.17, 15) is 13.2 Å². The molecule has 0 aliphatic carbocycles. The van der Waals surface area contributed by atoms with Crippen LogP contribution in [0.3, 0.4) is 0 Å². The molecule has 1 aliphatic rings. The van der Waals surface area contributed by atoms with E-state index in [0.717, 1.165) is 9.87 Å². The molecular weight excluding hydrogens is 320 g/mol. The fourth-order valence-electron chi connectivity index (χ4n) is 2.42. The Morgan fingerprint density at radius 1 is 1.48 bits per heavy atom. The third-order valence-corrected chi connectivity index (χ3v) is 5.54. The molecule has 1 fully saturated rings. The van der Waals surface area contributed by atoms with E-state index in [1.165, 1.54) is 7.05 Å². The number of ether oxygens (including phenoxy) is 1. The molecule has 0 spiro atoms. The number of carbonyl (C=O) groups is 1. The van der Waals surface area contributed by atoms with E-state index >= 15 is 0 Å². The maximum atomic E-state index is 12.8. The van der Waals surface area contributed by atoms with Gasteiger partial charge in [-0.2, -0.15) is 9.40 Å². The largest absolute Gasteiger partial charge is 0.377 e. The fourth-order valence-corrected chi connectivity index (χ4v) is 3.80. The summed E-state index contributed by atoms with van der Waals surface area (Å²) in [6.07, 6.45) is 1.57. The Morgan fingerprint density at radius 2 is 2.22 bits per heavy atom. The molecule has 8 nitrogen and oxygen atoms in total. The molecule has 2 heterocycles. The SMILES string of the molecule is Cc1cc(S(=O)(=O)N(C)CC(=O)NC2COC2)c2[nH]ncc2c1. The first-order chi connectivity index (χ1) is 10.9. The topological polar surface area (TPSA) is 104 Å². The van der Waals surface area contributed by atoms with Gasteiger partial charge in [-0.05, 0) is 24.6 Å². The Kier molecular flexibility index (Phi) is 4.09. The molecule has 124 valence electrons. The number of aromatic nitrogens is 2. The number of H-pyrrole nitrogens is 1. The molecule has 3 rings (SSSR count). The minimum Gasteiger partial charge on any atom is -0.377 e. The van der Waals surface area contributed by atoms with Crippen molar-refractivity contribution in [2.24, 2.45) is 0 Å². The van der Waals surface area contributed by atoms with Gasteiger partial charge in [-0.3, -0.25) is 9.89 Å². The number of benzene rings is 1. The van der Waals surface area contributed by atoms with Crippen LogP contribution < -0.4 is 5.32 Å². The summed E-state index contributed by atoms with van der Waals surface area (Å²) in [7, 11) is -2.42. The van der Waals surface area contributed by atoms with E-state index in [-0.39, 0.29) is 23.4 Å². The van der Waals surface area contributed by atoms with Crippen molar-refractivity contribution in [3.8, 4) is 0 Å². The summed E-state index contributed by atoms with van der Waals surface area (Å²) in [6.45, 7) is 2.50. The van der Waals surface area contributed by atoms with Crippen LogP contribution in [0.4, 0.5) is 0 Å². The highest BCUT2D eigenvalue weighted by atomic mass is 32.2. The van der Waals surface area contributed by atoms with Gasteiger partial charge >= 0.3 is 0 Å². The smallest absolute Gasteiger partial charge is 0.245 e. The van der Waals surface area contributed by atoms with Gasteiger partial charge in [0, 0.05) is 12.4 Å². The van der Waals surface area contributed by atoms with E-state index in [1.54, 1.807) is 12.3 Å². The van der Waals surface area contributed by atoms with Gasteiger partial charge in [0.1, 0.15) is 4.90 Å². The normalized spacial score (nSPS) is 15.8. The van der Waals surface area contributed by atoms with Gasteiger partial charge in [0.2, 0.25) is 15.9 Å². The minimum atomic E-state index is -3.81. The van der Waals surface area contributed by atoms with Crippen LogP contribution in [0.15, 0.2) is 23.2 Å². The minimum absolute atomic E-state index is 0.0307. The average molecular weight is 338 g/mol. The molecule has 0 radical (unpaired) electrons. The van der Waals surface area contributed by atoms with Gasteiger partial charge in [0.25, 0.3) is 0 Å². The van der Waals surface area contributed by atoms with Gasteiger partial charge in [0.05, 0.1) is 37.5 Å². The molecule has 23 heavy (non-hydrogen) atoms. The molecule has 0 saturated carbocycles. The lowest BCUT2D eigenvalue weighted by Gasteiger charge is -2.27. The van der Waals surface area contributed by atoms with Crippen LogP contribution in [0.25, 0.3) is 10.9 Å². The van der Waals surface area contributed by atoms with Crippen molar-refractivity contribution in [3.63, 3.8) is 0 Å². The van der Waals surface area contributed by atoms with Gasteiger partial charge in [-0.15, -0.1) is 0 Å². The second kappa shape index (κ2) is 5.91. The summed E-state index contributed by atoms with van der Waals surface area (Å²) >= 11 is 0. The second-order valence-corrected chi connectivity index (χ2v) is 7.67. The molecule has 9 heteroatoms. The average Bonchev–Trinajstić information content (AvgIpc) is 2.89. The number of carbonyl (C=O) groups excluding carboxylic acids is 1. The molecule has 2 N–H and O–H groups in total. The Morgan fingerprint density at radius 3 is 2.87 bits per heavy atom. The quantitative estimate of drug-likeness (QED) is 0.799. The Labute approximate surface area is 133 Å². The highest BCUT2D eigenvalue weighted by molar-refractivity contribution is 7.89. The monoisotopic (exact) mass is 338 g/mol. The van der Waals surface area contributed by atoms with Gasteiger partial charge in [-0.1, -0.05) is 0 Å². The van der Waals surface area contributed by atoms with Crippen LogP contribution in [-0.2, 0) is 19.6 Å². The lowest BCUT2D eigenvalue weighted by Crippen LogP contribution is -2.51. The lowest BCUT2D eigenvalue weighted by atomic mass is 10.2. The van der Waals surface area contributed by atoms with E-state index in [0.29, 0.717) is 24.1 Å². The number of rotatable bonds is 5. The molecule has 0 atom stereocenters. The maximum absolute atomic E-state index is 12.8. The fraction of sp³-hybridized carbons (Fsp3) is 0.429. The molecule has 0 bridgehead atoms. The molecule has 1 aromatic carbocycles. The van der Waals surface area contributed by atoms with Crippen LogP contribution in [0.1, 0.15) is 5.56 Å². The van der Waals surface area contributed by atoms with Crippen molar-refractivity contribution in [2.75, 3.05) is 26.8 Å². The first-order valence-electron chi connectivity index (χ1n) is 7.15. The van der Waals surface area contributed by atoms with Crippen molar-refractivity contribution in [2.45, 2.75) is 17.9 Å². The van der Waals surface area contributed by atoms with E-state index < -0.39 is 10.0 Å². The van der Waals surface area contributed by atoms with Crippen molar-refractivity contribution in [1.29, 1.82) is 0 Å². The first kappa shape index (κ1) is 15.9. The summed E-state index contributed by atoms with van der Waals surface area (Å²) in [5, 5.41) is 10.0. The van der Waals surface area contributed by atoms with Gasteiger partial charge < -0.3 is 10.1 Å². The van der Waals surface area contributed by atoms with E-state index in [1.807, 2.05) is 13.0 Å². The summed E-state index contributed by atoms with van der Waals surface area (Å²) < 4.78 is 31.6. The van der Waals surface area contributed by atoms with E-state index in [2.05, 4.69) is 15.5 Å². The zero-order valence-corrected chi connectivity index (χ0v) is 13.7. The standard InChI is InChI=1S/C14H18N4O4S/c1-9-3-10-5-15-17-14(10)12(4-9)23(20,21)18(2)6-13(19)16-11-7-22-8-11/h3-5,11H,6-8H2,1-2H3,(H,15,17)(H,16,19). The number of sulfonamides is 1. The number of likely N-dealkylation sites (N-methyl/N-ethyl adjacent to an activating group) is 1. The number of aryl methyl sites for hydroxylation is 1. The number of amides is 1.